The molecule has 1 aromatic carbocycles. The molecule has 0 aliphatic heterocycles. The normalized spacial score (nSPS) is 16.2. The fraction of sp³-hybridized carbons (Fsp3) is 0.400. The Hall–Kier alpha value is -1.33. The van der Waals surface area contributed by atoms with Crippen LogP contribution in [0.1, 0.15) is 24.2 Å². The van der Waals surface area contributed by atoms with Crippen molar-refractivity contribution in [3.8, 4) is 11.4 Å². The van der Waals surface area contributed by atoms with Gasteiger partial charge in [0.15, 0.2) is 0 Å². The maximum atomic E-state index is 5.92. The summed E-state index contributed by atoms with van der Waals surface area (Å²) in [6.45, 7) is 2.72. The third kappa shape index (κ3) is 2.05. The number of halogens is 1. The van der Waals surface area contributed by atoms with Gasteiger partial charge in [-0.2, -0.15) is 5.10 Å². The van der Waals surface area contributed by atoms with Crippen molar-refractivity contribution in [1.29, 1.82) is 0 Å². The number of nitrogens with zero attached hydrogens (tertiary/aromatic N) is 2. The first kappa shape index (κ1) is 13.6. The smallest absolute Gasteiger partial charge is 0.119 e. The standard InChI is InChI=1S/C15H18BrN3O/c1-10-13(16)14(15(9-17)7-8-15)18-19(10)11-3-5-12(20-2)6-4-11/h3-6H,7-9,17H2,1-2H3. The molecule has 2 aromatic rings. The maximum Gasteiger partial charge on any atom is 0.119 e. The van der Waals surface area contributed by atoms with E-state index in [2.05, 4.69) is 22.9 Å². The number of nitrogens with two attached hydrogens (primary N) is 1. The molecular weight excluding hydrogens is 318 g/mol. The molecule has 0 unspecified atom stereocenters. The van der Waals surface area contributed by atoms with E-state index in [0.717, 1.165) is 40.1 Å². The molecule has 3 rings (SSSR count). The molecule has 1 aliphatic carbocycles. The number of benzene rings is 1. The Morgan fingerprint density at radius 2 is 2.00 bits per heavy atom. The molecule has 4 nitrogen and oxygen atoms in total. The van der Waals surface area contributed by atoms with Crippen LogP contribution in [0.15, 0.2) is 28.7 Å². The summed E-state index contributed by atoms with van der Waals surface area (Å²) in [4.78, 5) is 0. The van der Waals surface area contributed by atoms with Crippen molar-refractivity contribution in [2.45, 2.75) is 25.2 Å². The highest BCUT2D eigenvalue weighted by molar-refractivity contribution is 9.10. The van der Waals surface area contributed by atoms with Gasteiger partial charge >= 0.3 is 0 Å². The summed E-state index contributed by atoms with van der Waals surface area (Å²) in [5, 5.41) is 4.79. The zero-order valence-electron chi connectivity index (χ0n) is 11.7. The van der Waals surface area contributed by atoms with E-state index in [4.69, 9.17) is 15.6 Å². The van der Waals surface area contributed by atoms with Gasteiger partial charge in [-0.3, -0.25) is 0 Å². The van der Waals surface area contributed by atoms with Gasteiger partial charge in [0.1, 0.15) is 5.75 Å². The minimum Gasteiger partial charge on any atom is -0.497 e. The number of hydrogen-bond donors (Lipinski definition) is 1. The predicted octanol–water partition coefficient (Wildman–Crippen LogP) is 2.94. The molecule has 0 spiro atoms. The van der Waals surface area contributed by atoms with E-state index in [-0.39, 0.29) is 5.41 Å². The molecule has 1 saturated carbocycles. The van der Waals surface area contributed by atoms with Crippen molar-refractivity contribution < 1.29 is 4.74 Å². The van der Waals surface area contributed by atoms with Crippen LogP contribution in [-0.4, -0.2) is 23.4 Å². The average Bonchev–Trinajstić information content (AvgIpc) is 3.23. The quantitative estimate of drug-likeness (QED) is 0.934. The number of hydrogen-bond acceptors (Lipinski definition) is 3. The molecule has 1 fully saturated rings. The van der Waals surface area contributed by atoms with E-state index >= 15 is 0 Å². The molecule has 0 saturated heterocycles. The van der Waals surface area contributed by atoms with Gasteiger partial charge in [0.05, 0.1) is 28.7 Å². The molecule has 1 aromatic heterocycles. The van der Waals surface area contributed by atoms with Crippen molar-refractivity contribution in [1.82, 2.24) is 9.78 Å². The SMILES string of the molecule is COc1ccc(-n2nc(C3(CN)CC3)c(Br)c2C)cc1. The fourth-order valence-electron chi connectivity index (χ4n) is 2.49. The van der Waals surface area contributed by atoms with Crippen molar-refractivity contribution in [2.75, 3.05) is 13.7 Å². The van der Waals surface area contributed by atoms with Gasteiger partial charge in [-0.15, -0.1) is 0 Å². The first-order valence-electron chi connectivity index (χ1n) is 6.71. The van der Waals surface area contributed by atoms with Crippen LogP contribution in [0.3, 0.4) is 0 Å². The summed E-state index contributed by atoms with van der Waals surface area (Å²) in [7, 11) is 1.67. The molecule has 0 bridgehead atoms. The second kappa shape index (κ2) is 4.90. The summed E-state index contributed by atoms with van der Waals surface area (Å²) < 4.78 is 8.24. The number of ether oxygens (including phenoxy) is 1. The van der Waals surface area contributed by atoms with Crippen molar-refractivity contribution in [3.63, 3.8) is 0 Å². The van der Waals surface area contributed by atoms with E-state index in [1.54, 1.807) is 7.11 Å². The van der Waals surface area contributed by atoms with Crippen LogP contribution in [0, 0.1) is 6.92 Å². The number of aromatic nitrogens is 2. The van der Waals surface area contributed by atoms with Crippen LogP contribution >= 0.6 is 15.9 Å². The third-order valence-electron chi connectivity index (χ3n) is 4.11. The lowest BCUT2D eigenvalue weighted by Gasteiger charge is -2.09. The Kier molecular flexibility index (Phi) is 3.34. The summed E-state index contributed by atoms with van der Waals surface area (Å²) in [6, 6.07) is 7.91. The van der Waals surface area contributed by atoms with Gasteiger partial charge in [0.25, 0.3) is 0 Å². The fourth-order valence-corrected chi connectivity index (χ4v) is 3.15. The van der Waals surface area contributed by atoms with Crippen LogP contribution in [-0.2, 0) is 5.41 Å². The molecule has 5 heteroatoms. The maximum absolute atomic E-state index is 5.92. The lowest BCUT2D eigenvalue weighted by Crippen LogP contribution is -2.21. The number of rotatable bonds is 4. The Morgan fingerprint density at radius 1 is 1.35 bits per heavy atom. The molecule has 0 radical (unpaired) electrons. The highest BCUT2D eigenvalue weighted by atomic mass is 79.9. The zero-order valence-corrected chi connectivity index (χ0v) is 13.3. The van der Waals surface area contributed by atoms with Crippen molar-refractivity contribution in [2.24, 2.45) is 5.73 Å². The van der Waals surface area contributed by atoms with E-state index < -0.39 is 0 Å². The van der Waals surface area contributed by atoms with E-state index in [1.165, 1.54) is 0 Å². The molecule has 2 N–H and O–H groups in total. The van der Waals surface area contributed by atoms with Gasteiger partial charge in [-0.05, 0) is 60.0 Å². The van der Waals surface area contributed by atoms with Gasteiger partial charge in [0.2, 0.25) is 0 Å². The first-order valence-corrected chi connectivity index (χ1v) is 7.51. The van der Waals surface area contributed by atoms with E-state index in [1.807, 2.05) is 28.9 Å². The average molecular weight is 336 g/mol. The summed E-state index contributed by atoms with van der Waals surface area (Å²) in [5.41, 5.74) is 9.23. The Morgan fingerprint density at radius 3 is 2.50 bits per heavy atom. The van der Waals surface area contributed by atoms with Crippen molar-refractivity contribution in [3.05, 3.63) is 40.1 Å². The predicted molar refractivity (Wildman–Crippen MR) is 82.5 cm³/mol. The molecule has 0 amide bonds. The van der Waals surface area contributed by atoms with Gasteiger partial charge < -0.3 is 10.5 Å². The second-order valence-electron chi connectivity index (χ2n) is 5.34. The minimum atomic E-state index is 0.0846. The second-order valence-corrected chi connectivity index (χ2v) is 6.14. The third-order valence-corrected chi connectivity index (χ3v) is 5.06. The molecule has 20 heavy (non-hydrogen) atoms. The van der Waals surface area contributed by atoms with E-state index in [0.29, 0.717) is 6.54 Å². The molecule has 1 heterocycles. The highest BCUT2D eigenvalue weighted by Gasteiger charge is 2.47. The largest absolute Gasteiger partial charge is 0.497 e. The van der Waals surface area contributed by atoms with Crippen LogP contribution in [0.25, 0.3) is 5.69 Å². The Balaban J connectivity index is 2.03. The first-order chi connectivity index (χ1) is 9.61. The van der Waals surface area contributed by atoms with Gasteiger partial charge in [-0.1, -0.05) is 0 Å². The summed E-state index contributed by atoms with van der Waals surface area (Å²) >= 11 is 3.68. The highest BCUT2D eigenvalue weighted by Crippen LogP contribution is 2.49. The van der Waals surface area contributed by atoms with Crippen LogP contribution < -0.4 is 10.5 Å². The van der Waals surface area contributed by atoms with E-state index in [9.17, 15) is 0 Å². The lowest BCUT2D eigenvalue weighted by molar-refractivity contribution is 0.414. The topological polar surface area (TPSA) is 53.1 Å². The molecule has 0 atom stereocenters. The lowest BCUT2D eigenvalue weighted by atomic mass is 10.0. The Bertz CT molecular complexity index is 629. The van der Waals surface area contributed by atoms with Crippen LogP contribution in [0.4, 0.5) is 0 Å². The summed E-state index contributed by atoms with van der Waals surface area (Å²) in [5.74, 6) is 0.846. The Labute approximate surface area is 127 Å². The zero-order chi connectivity index (χ0) is 14.3. The van der Waals surface area contributed by atoms with Crippen LogP contribution in [0.5, 0.6) is 5.75 Å². The van der Waals surface area contributed by atoms with Gasteiger partial charge in [-0.25, -0.2) is 4.68 Å². The monoisotopic (exact) mass is 335 g/mol. The molecular formula is C15H18BrN3O. The minimum absolute atomic E-state index is 0.0846. The molecule has 106 valence electrons. The van der Waals surface area contributed by atoms with Crippen molar-refractivity contribution >= 4 is 15.9 Å². The van der Waals surface area contributed by atoms with Crippen LogP contribution in [0.2, 0.25) is 0 Å². The van der Waals surface area contributed by atoms with Gasteiger partial charge in [0, 0.05) is 12.0 Å². The molecule has 1 aliphatic rings. The summed E-state index contributed by atoms with van der Waals surface area (Å²) in [6.07, 6.45) is 2.25. The number of methoxy groups -OCH3 is 1.